The van der Waals surface area contributed by atoms with E-state index < -0.39 is 5.97 Å². The molecule has 3 heterocycles. The van der Waals surface area contributed by atoms with E-state index in [0.29, 0.717) is 17.8 Å². The number of carbonyl (C=O) groups is 1. The summed E-state index contributed by atoms with van der Waals surface area (Å²) in [5, 5.41) is 11.4. The molecule has 158 valence electrons. The predicted molar refractivity (Wildman–Crippen MR) is 120 cm³/mol. The maximum absolute atomic E-state index is 11.4. The van der Waals surface area contributed by atoms with Gasteiger partial charge in [0.15, 0.2) is 0 Å². The molecule has 2 atom stereocenters. The number of fused-ring (bicyclic) bond motifs is 2. The smallest absolute Gasteiger partial charge is 0.307 e. The maximum Gasteiger partial charge on any atom is 0.307 e. The zero-order valence-corrected chi connectivity index (χ0v) is 17.2. The number of aryl methyl sites for hydroxylation is 1. The summed E-state index contributed by atoms with van der Waals surface area (Å²) < 4.78 is 2.29. The van der Waals surface area contributed by atoms with Gasteiger partial charge in [-0.2, -0.15) is 0 Å². The van der Waals surface area contributed by atoms with Gasteiger partial charge in [-0.25, -0.2) is 15.0 Å². The summed E-state index contributed by atoms with van der Waals surface area (Å²) in [5.41, 5.74) is 9.61. The van der Waals surface area contributed by atoms with E-state index in [1.807, 2.05) is 24.4 Å². The van der Waals surface area contributed by atoms with Gasteiger partial charge in [-0.1, -0.05) is 0 Å². The lowest BCUT2D eigenvalue weighted by Gasteiger charge is -2.15. The van der Waals surface area contributed by atoms with Crippen molar-refractivity contribution in [1.82, 2.24) is 19.5 Å². The van der Waals surface area contributed by atoms with Gasteiger partial charge in [0, 0.05) is 29.2 Å². The molecule has 1 saturated carbocycles. The molecule has 0 saturated heterocycles. The number of aliphatic carboxylic acids is 1. The van der Waals surface area contributed by atoms with Crippen LogP contribution in [0.1, 0.15) is 42.9 Å². The number of aromatic nitrogens is 4. The van der Waals surface area contributed by atoms with Crippen molar-refractivity contribution >= 4 is 33.7 Å². The van der Waals surface area contributed by atoms with Crippen molar-refractivity contribution in [3.8, 4) is 0 Å². The van der Waals surface area contributed by atoms with Gasteiger partial charge >= 0.3 is 5.97 Å². The van der Waals surface area contributed by atoms with Crippen LogP contribution in [0.2, 0.25) is 0 Å². The van der Waals surface area contributed by atoms with Crippen LogP contribution in [0.5, 0.6) is 0 Å². The van der Waals surface area contributed by atoms with Gasteiger partial charge in [0.25, 0.3) is 0 Å². The Balaban J connectivity index is 1.33. The fraction of sp³-hybridized carbons (Fsp3) is 0.333. The van der Waals surface area contributed by atoms with Crippen LogP contribution < -0.4 is 5.73 Å². The molecule has 3 N–H and O–H groups in total. The third kappa shape index (κ3) is 3.95. The number of benzene rings is 1. The molecular formula is C24H25N5O2. The SMILES string of the molecule is Nc1ccc2cc(CC(=O)O)c(CCC3CCC(n4ccc5cncnc54)C3)cc2n1. The second kappa shape index (κ2) is 7.98. The number of hydrogen-bond donors (Lipinski definition) is 2. The molecular weight excluding hydrogens is 390 g/mol. The van der Waals surface area contributed by atoms with Gasteiger partial charge in [0.1, 0.15) is 17.8 Å². The lowest BCUT2D eigenvalue weighted by Crippen LogP contribution is -2.07. The first kappa shape index (κ1) is 19.5. The Morgan fingerprint density at radius 3 is 2.94 bits per heavy atom. The average Bonchev–Trinajstić information content (AvgIpc) is 3.38. The first-order valence-corrected chi connectivity index (χ1v) is 10.7. The predicted octanol–water partition coefficient (Wildman–Crippen LogP) is 4.16. The summed E-state index contributed by atoms with van der Waals surface area (Å²) in [6.45, 7) is 0. The van der Waals surface area contributed by atoms with Gasteiger partial charge in [0.05, 0.1) is 11.9 Å². The van der Waals surface area contributed by atoms with Crippen LogP contribution in [0.25, 0.3) is 21.9 Å². The summed E-state index contributed by atoms with van der Waals surface area (Å²) in [4.78, 5) is 24.4. The third-order valence-electron chi connectivity index (χ3n) is 6.48. The van der Waals surface area contributed by atoms with Crippen LogP contribution in [-0.4, -0.2) is 30.6 Å². The van der Waals surface area contributed by atoms with Crippen molar-refractivity contribution in [2.45, 2.75) is 44.6 Å². The van der Waals surface area contributed by atoms with Crippen molar-refractivity contribution in [3.63, 3.8) is 0 Å². The Morgan fingerprint density at radius 2 is 2.06 bits per heavy atom. The first-order chi connectivity index (χ1) is 15.1. The summed E-state index contributed by atoms with van der Waals surface area (Å²) in [6, 6.07) is 10.2. The van der Waals surface area contributed by atoms with Crippen molar-refractivity contribution < 1.29 is 9.90 Å². The summed E-state index contributed by atoms with van der Waals surface area (Å²) in [6.07, 6.45) is 10.9. The molecule has 1 aliphatic carbocycles. The van der Waals surface area contributed by atoms with Crippen LogP contribution >= 0.6 is 0 Å². The van der Waals surface area contributed by atoms with Crippen LogP contribution in [0.3, 0.4) is 0 Å². The van der Waals surface area contributed by atoms with E-state index in [9.17, 15) is 9.90 Å². The van der Waals surface area contributed by atoms with Gasteiger partial charge < -0.3 is 15.4 Å². The minimum Gasteiger partial charge on any atom is -0.481 e. The van der Waals surface area contributed by atoms with Crippen LogP contribution in [0.4, 0.5) is 5.82 Å². The second-order valence-corrected chi connectivity index (χ2v) is 8.52. The number of carboxylic acids is 1. The second-order valence-electron chi connectivity index (χ2n) is 8.52. The van der Waals surface area contributed by atoms with Crippen molar-refractivity contribution in [3.05, 3.63) is 60.2 Å². The molecule has 2 unspecified atom stereocenters. The largest absolute Gasteiger partial charge is 0.481 e. The Morgan fingerprint density at radius 1 is 1.16 bits per heavy atom. The quantitative estimate of drug-likeness (QED) is 0.490. The monoisotopic (exact) mass is 415 g/mol. The molecule has 7 heteroatoms. The number of pyridine rings is 1. The van der Waals surface area contributed by atoms with E-state index in [0.717, 1.165) is 58.7 Å². The van der Waals surface area contributed by atoms with Crippen molar-refractivity contribution in [2.24, 2.45) is 5.92 Å². The topological polar surface area (TPSA) is 107 Å². The number of nitrogen functional groups attached to an aromatic ring is 1. The molecule has 1 aliphatic rings. The molecule has 4 aromatic rings. The number of hydrogen-bond acceptors (Lipinski definition) is 5. The van der Waals surface area contributed by atoms with Gasteiger partial charge in [-0.3, -0.25) is 4.79 Å². The number of nitrogens with zero attached hydrogens (tertiary/aromatic N) is 4. The van der Waals surface area contributed by atoms with Gasteiger partial charge in [-0.05, 0) is 79.5 Å². The lowest BCUT2D eigenvalue weighted by molar-refractivity contribution is -0.136. The van der Waals surface area contributed by atoms with E-state index in [1.165, 1.54) is 6.42 Å². The third-order valence-corrected chi connectivity index (χ3v) is 6.48. The molecule has 0 bridgehead atoms. The first-order valence-electron chi connectivity index (χ1n) is 10.7. The number of rotatable bonds is 6. The van der Waals surface area contributed by atoms with Gasteiger partial charge in [-0.15, -0.1) is 0 Å². The van der Waals surface area contributed by atoms with E-state index >= 15 is 0 Å². The van der Waals surface area contributed by atoms with E-state index in [-0.39, 0.29) is 6.42 Å². The minimum absolute atomic E-state index is 0.0258. The highest BCUT2D eigenvalue weighted by atomic mass is 16.4. The minimum atomic E-state index is -0.814. The Labute approximate surface area is 180 Å². The Bertz CT molecular complexity index is 1270. The molecule has 1 fully saturated rings. The molecule has 0 radical (unpaired) electrons. The Hall–Kier alpha value is -3.48. The van der Waals surface area contributed by atoms with Crippen LogP contribution in [0.15, 0.2) is 49.1 Å². The summed E-state index contributed by atoms with van der Waals surface area (Å²) >= 11 is 0. The molecule has 0 aliphatic heterocycles. The molecule has 31 heavy (non-hydrogen) atoms. The zero-order valence-electron chi connectivity index (χ0n) is 17.2. The summed E-state index contributed by atoms with van der Waals surface area (Å²) in [7, 11) is 0. The molecule has 1 aromatic carbocycles. The van der Waals surface area contributed by atoms with Crippen molar-refractivity contribution in [2.75, 3.05) is 5.73 Å². The van der Waals surface area contributed by atoms with E-state index in [4.69, 9.17) is 5.73 Å². The highest BCUT2D eigenvalue weighted by Gasteiger charge is 2.27. The molecule has 3 aromatic heterocycles. The molecule has 5 rings (SSSR count). The van der Waals surface area contributed by atoms with E-state index in [1.54, 1.807) is 12.4 Å². The van der Waals surface area contributed by atoms with Crippen LogP contribution in [-0.2, 0) is 17.6 Å². The molecule has 7 nitrogen and oxygen atoms in total. The number of anilines is 1. The number of nitrogens with two attached hydrogens (primary N) is 1. The molecule has 0 amide bonds. The average molecular weight is 415 g/mol. The normalized spacial score (nSPS) is 18.7. The lowest BCUT2D eigenvalue weighted by atomic mass is 9.93. The van der Waals surface area contributed by atoms with Crippen molar-refractivity contribution in [1.29, 1.82) is 0 Å². The fourth-order valence-electron chi connectivity index (χ4n) is 4.95. The Kier molecular flexibility index (Phi) is 5.02. The molecule has 0 spiro atoms. The fourth-order valence-corrected chi connectivity index (χ4v) is 4.95. The zero-order chi connectivity index (χ0) is 21.4. The highest BCUT2D eigenvalue weighted by Crippen LogP contribution is 2.38. The maximum atomic E-state index is 11.4. The highest BCUT2D eigenvalue weighted by molar-refractivity contribution is 5.83. The van der Waals surface area contributed by atoms with Crippen LogP contribution in [0, 0.1) is 5.92 Å². The van der Waals surface area contributed by atoms with Gasteiger partial charge in [0.2, 0.25) is 0 Å². The number of carboxylic acid groups (broad SMARTS) is 1. The summed E-state index contributed by atoms with van der Waals surface area (Å²) in [5.74, 6) is 0.267. The van der Waals surface area contributed by atoms with E-state index in [2.05, 4.69) is 31.8 Å². The standard InChI is InChI=1S/C24H25N5O2/c25-22-6-4-17-10-19(12-23(30)31)16(11-21(17)28-22)3-1-15-2-5-20(9-15)29-8-7-18-13-26-14-27-24(18)29/h4,6-8,10-11,13-15,20H,1-3,5,9,12H2,(H2,25,28)(H,30,31).